The molecule has 0 radical (unpaired) electrons. The number of carbonyl (C=O) groups is 2. The van der Waals surface area contributed by atoms with Crippen LogP contribution < -0.4 is 9.64 Å². The zero-order valence-corrected chi connectivity index (χ0v) is 21.0. The number of benzene rings is 3. The fourth-order valence-corrected chi connectivity index (χ4v) is 4.72. The molecule has 3 aromatic carbocycles. The molecule has 1 aliphatic rings. The molecule has 1 heterocycles. The highest BCUT2D eigenvalue weighted by atomic mass is 16.5. The number of carbonyl (C=O) groups excluding carboxylic acids is 2. The number of amides is 1. The largest absolute Gasteiger partial charge is 0.507 e. The molecule has 4 rings (SSSR count). The van der Waals surface area contributed by atoms with Crippen LogP contribution >= 0.6 is 0 Å². The Hall–Kier alpha value is -3.86. The molecule has 1 amide bonds. The number of aryl methyl sites for hydroxylation is 2. The molecular weight excluding hydrogens is 438 g/mol. The van der Waals surface area contributed by atoms with Gasteiger partial charge in [0.05, 0.1) is 24.3 Å². The summed E-state index contributed by atoms with van der Waals surface area (Å²) < 4.78 is 5.57. The second-order valence-electron chi connectivity index (χ2n) is 10.0. The van der Waals surface area contributed by atoms with E-state index in [4.69, 9.17) is 4.74 Å². The van der Waals surface area contributed by atoms with E-state index in [1.807, 2.05) is 74.5 Å². The number of nitrogens with zero attached hydrogens (tertiary/aromatic N) is 1. The van der Waals surface area contributed by atoms with Gasteiger partial charge in [0.25, 0.3) is 11.7 Å². The van der Waals surface area contributed by atoms with Gasteiger partial charge in [0.15, 0.2) is 0 Å². The molecule has 1 aliphatic heterocycles. The highest BCUT2D eigenvalue weighted by Gasteiger charge is 2.47. The van der Waals surface area contributed by atoms with Crippen molar-refractivity contribution in [3.63, 3.8) is 0 Å². The first-order chi connectivity index (χ1) is 16.5. The maximum absolute atomic E-state index is 13.4. The Balaban J connectivity index is 1.95. The van der Waals surface area contributed by atoms with E-state index in [1.165, 1.54) is 12.0 Å². The van der Waals surface area contributed by atoms with Crippen LogP contribution in [0.4, 0.5) is 5.69 Å². The van der Waals surface area contributed by atoms with Crippen LogP contribution in [-0.4, -0.2) is 23.9 Å². The molecule has 1 saturated heterocycles. The molecule has 0 bridgehead atoms. The van der Waals surface area contributed by atoms with Crippen LogP contribution in [0.25, 0.3) is 5.76 Å². The predicted octanol–water partition coefficient (Wildman–Crippen LogP) is 6.24. The second kappa shape index (κ2) is 9.06. The molecule has 5 nitrogen and oxygen atoms in total. The van der Waals surface area contributed by atoms with Crippen LogP contribution in [0.3, 0.4) is 0 Å². The fraction of sp³-hybridized carbons (Fsp3) is 0.267. The predicted molar refractivity (Wildman–Crippen MR) is 139 cm³/mol. The third kappa shape index (κ3) is 4.34. The van der Waals surface area contributed by atoms with E-state index >= 15 is 0 Å². The molecule has 0 saturated carbocycles. The number of aliphatic hydroxyl groups excluding tert-OH is 1. The first-order valence-electron chi connectivity index (χ1n) is 11.7. The van der Waals surface area contributed by atoms with Gasteiger partial charge < -0.3 is 9.84 Å². The van der Waals surface area contributed by atoms with Crippen LogP contribution in [0.15, 0.2) is 72.3 Å². The summed E-state index contributed by atoms with van der Waals surface area (Å²) in [5.74, 6) is -1.17. The Morgan fingerprint density at radius 2 is 1.57 bits per heavy atom. The highest BCUT2D eigenvalue weighted by molar-refractivity contribution is 6.51. The van der Waals surface area contributed by atoms with Crippen LogP contribution in [0.1, 0.15) is 54.6 Å². The van der Waals surface area contributed by atoms with E-state index in [-0.39, 0.29) is 16.7 Å². The van der Waals surface area contributed by atoms with Crippen molar-refractivity contribution in [1.82, 2.24) is 0 Å². The number of hydrogen-bond acceptors (Lipinski definition) is 4. The lowest BCUT2D eigenvalue weighted by Gasteiger charge is -2.27. The number of aliphatic hydroxyl groups is 1. The van der Waals surface area contributed by atoms with E-state index < -0.39 is 17.7 Å². The lowest BCUT2D eigenvalue weighted by atomic mass is 9.87. The molecule has 0 aromatic heterocycles. The average molecular weight is 470 g/mol. The number of anilines is 1. The van der Waals surface area contributed by atoms with Crippen molar-refractivity contribution in [3.05, 3.63) is 100 Å². The third-order valence-corrected chi connectivity index (χ3v) is 6.45. The van der Waals surface area contributed by atoms with E-state index in [0.717, 1.165) is 22.3 Å². The van der Waals surface area contributed by atoms with Crippen LogP contribution in [-0.2, 0) is 15.0 Å². The summed E-state index contributed by atoms with van der Waals surface area (Å²) in [6, 6.07) is 19.9. The van der Waals surface area contributed by atoms with E-state index in [9.17, 15) is 14.7 Å². The Morgan fingerprint density at radius 3 is 2.14 bits per heavy atom. The molecular formula is C30H31NO4. The number of rotatable bonds is 4. The first kappa shape index (κ1) is 24.3. The third-order valence-electron chi connectivity index (χ3n) is 6.45. The van der Waals surface area contributed by atoms with Crippen LogP contribution in [0.2, 0.25) is 0 Å². The van der Waals surface area contributed by atoms with Crippen LogP contribution in [0, 0.1) is 13.8 Å². The van der Waals surface area contributed by atoms with Gasteiger partial charge in [-0.15, -0.1) is 0 Å². The Labute approximate surface area is 206 Å². The van der Waals surface area contributed by atoms with Crippen molar-refractivity contribution >= 4 is 23.1 Å². The van der Waals surface area contributed by atoms with Crippen LogP contribution in [0.5, 0.6) is 5.75 Å². The first-order valence-corrected chi connectivity index (χ1v) is 11.7. The molecule has 35 heavy (non-hydrogen) atoms. The molecule has 180 valence electrons. The van der Waals surface area contributed by atoms with Crippen molar-refractivity contribution in [1.29, 1.82) is 0 Å². The number of methoxy groups -OCH3 is 1. The summed E-state index contributed by atoms with van der Waals surface area (Å²) in [7, 11) is 1.53. The standard InChI is InChI=1S/C30H31NO4/c1-18-16-19(2)28(35-6)23(17-18)26(32)24-25(20-10-8-7-9-11-20)31(29(34)27(24)33)22-14-12-21(13-15-22)30(3,4)5/h7-17,25,32H,1-6H3/b26-24+. The quantitative estimate of drug-likeness (QED) is 0.279. The lowest BCUT2D eigenvalue weighted by molar-refractivity contribution is -0.132. The van der Waals surface area contributed by atoms with Crippen molar-refractivity contribution in [3.8, 4) is 5.75 Å². The van der Waals surface area contributed by atoms with Gasteiger partial charge in [-0.1, -0.05) is 69.3 Å². The average Bonchev–Trinajstić information content (AvgIpc) is 3.08. The monoisotopic (exact) mass is 469 g/mol. The smallest absolute Gasteiger partial charge is 0.300 e. The van der Waals surface area contributed by atoms with Gasteiger partial charge in [0.1, 0.15) is 11.5 Å². The summed E-state index contributed by atoms with van der Waals surface area (Å²) in [5, 5.41) is 11.5. The summed E-state index contributed by atoms with van der Waals surface area (Å²) in [6.07, 6.45) is 0. The van der Waals surface area contributed by atoms with E-state index in [1.54, 1.807) is 6.07 Å². The molecule has 5 heteroatoms. The van der Waals surface area contributed by atoms with Gasteiger partial charge in [-0.25, -0.2) is 0 Å². The number of ether oxygens (including phenoxy) is 1. The van der Waals surface area contributed by atoms with Gasteiger partial charge in [-0.2, -0.15) is 0 Å². The molecule has 1 N–H and O–H groups in total. The summed E-state index contributed by atoms with van der Waals surface area (Å²) in [6.45, 7) is 10.2. The zero-order valence-electron chi connectivity index (χ0n) is 21.0. The minimum Gasteiger partial charge on any atom is -0.507 e. The lowest BCUT2D eigenvalue weighted by Crippen LogP contribution is -2.29. The summed E-state index contributed by atoms with van der Waals surface area (Å²) >= 11 is 0. The topological polar surface area (TPSA) is 66.8 Å². The second-order valence-corrected chi connectivity index (χ2v) is 10.0. The normalized spacial score (nSPS) is 17.7. The minimum absolute atomic E-state index is 0.0457. The van der Waals surface area contributed by atoms with Crippen molar-refractivity contribution < 1.29 is 19.4 Å². The van der Waals surface area contributed by atoms with Crippen molar-refractivity contribution in [2.24, 2.45) is 0 Å². The van der Waals surface area contributed by atoms with E-state index in [2.05, 4.69) is 20.8 Å². The van der Waals surface area contributed by atoms with Crippen molar-refractivity contribution in [2.45, 2.75) is 46.1 Å². The summed E-state index contributed by atoms with van der Waals surface area (Å²) in [4.78, 5) is 28.3. The molecule has 1 unspecified atom stereocenters. The van der Waals surface area contributed by atoms with E-state index in [0.29, 0.717) is 17.0 Å². The zero-order chi connectivity index (χ0) is 25.5. The number of hydrogen-bond donors (Lipinski definition) is 1. The van der Waals surface area contributed by atoms with Crippen molar-refractivity contribution in [2.75, 3.05) is 12.0 Å². The summed E-state index contributed by atoms with van der Waals surface area (Å²) in [5.41, 5.74) is 4.58. The number of ketones is 1. The van der Waals surface area contributed by atoms with Gasteiger partial charge in [-0.3, -0.25) is 14.5 Å². The molecule has 3 aromatic rings. The Morgan fingerprint density at radius 1 is 0.943 bits per heavy atom. The van der Waals surface area contributed by atoms with Gasteiger partial charge in [0, 0.05) is 5.69 Å². The van der Waals surface area contributed by atoms with Gasteiger partial charge in [0.2, 0.25) is 0 Å². The Kier molecular flexibility index (Phi) is 6.28. The fourth-order valence-electron chi connectivity index (χ4n) is 4.72. The molecule has 0 spiro atoms. The maximum Gasteiger partial charge on any atom is 0.300 e. The maximum atomic E-state index is 13.4. The SMILES string of the molecule is COc1c(C)cc(C)cc1/C(O)=C1\C(=O)C(=O)N(c2ccc(C(C)(C)C)cc2)C1c1ccccc1. The highest BCUT2D eigenvalue weighted by Crippen LogP contribution is 2.44. The Bertz CT molecular complexity index is 1310. The molecule has 0 aliphatic carbocycles. The number of Topliss-reactive ketones (excluding diaryl/α,β-unsaturated/α-hetero) is 1. The van der Waals surface area contributed by atoms with Gasteiger partial charge >= 0.3 is 0 Å². The molecule has 1 fully saturated rings. The molecule has 1 atom stereocenters. The minimum atomic E-state index is -0.776. The van der Waals surface area contributed by atoms with Gasteiger partial charge in [-0.05, 0) is 59.7 Å².